The molecule has 1 N–H and O–H groups in total. The Kier molecular flexibility index (Phi) is 6.24. The summed E-state index contributed by atoms with van der Waals surface area (Å²) in [6.45, 7) is 4.66. The molecule has 0 aliphatic carbocycles. The highest BCUT2D eigenvalue weighted by Crippen LogP contribution is 2.22. The average molecular weight is 393 g/mol. The molecule has 8 heteroatoms. The molecule has 1 saturated heterocycles. The van der Waals surface area contributed by atoms with Crippen LogP contribution in [0, 0.1) is 0 Å². The van der Waals surface area contributed by atoms with Crippen molar-refractivity contribution in [3.63, 3.8) is 0 Å². The van der Waals surface area contributed by atoms with E-state index in [2.05, 4.69) is 15.2 Å². The maximum absolute atomic E-state index is 12.2. The van der Waals surface area contributed by atoms with Gasteiger partial charge < -0.3 is 10.2 Å². The van der Waals surface area contributed by atoms with Gasteiger partial charge in [0.05, 0.1) is 6.54 Å². The Morgan fingerprint density at radius 2 is 2.04 bits per heavy atom. The van der Waals surface area contributed by atoms with Crippen molar-refractivity contribution in [3.05, 3.63) is 45.9 Å². The van der Waals surface area contributed by atoms with Crippen molar-refractivity contribution in [2.24, 2.45) is 0 Å². The lowest BCUT2D eigenvalue weighted by molar-refractivity contribution is -0.130. The quantitative estimate of drug-likeness (QED) is 0.849. The molecule has 26 heavy (non-hydrogen) atoms. The highest BCUT2D eigenvalue weighted by Gasteiger charge is 2.20. The molecule has 1 aromatic heterocycles. The minimum atomic E-state index is -0.0788. The van der Waals surface area contributed by atoms with Gasteiger partial charge in [0, 0.05) is 55.6 Å². The zero-order valence-electron chi connectivity index (χ0n) is 14.6. The number of amides is 2. The minimum Gasteiger partial charge on any atom is -0.340 e. The first-order valence-electron chi connectivity index (χ1n) is 8.46. The van der Waals surface area contributed by atoms with Gasteiger partial charge in [0.1, 0.15) is 0 Å². The molecule has 1 aromatic carbocycles. The van der Waals surface area contributed by atoms with E-state index in [9.17, 15) is 9.59 Å². The lowest BCUT2D eigenvalue weighted by Crippen LogP contribution is -2.49. The van der Waals surface area contributed by atoms with Crippen LogP contribution in [0.1, 0.15) is 17.4 Å². The lowest BCUT2D eigenvalue weighted by Gasteiger charge is -2.33. The number of nitrogens with zero attached hydrogens (tertiary/aromatic N) is 3. The predicted octanol–water partition coefficient (Wildman–Crippen LogP) is 2.49. The third kappa shape index (κ3) is 5.27. The zero-order chi connectivity index (χ0) is 18.5. The topological polar surface area (TPSA) is 65.5 Å². The van der Waals surface area contributed by atoms with E-state index in [1.54, 1.807) is 18.0 Å². The molecule has 0 bridgehead atoms. The summed E-state index contributed by atoms with van der Waals surface area (Å²) in [5.74, 6) is 0.00838. The number of anilines is 1. The lowest BCUT2D eigenvalue weighted by atomic mass is 10.1. The maximum Gasteiger partial charge on any atom is 0.240 e. The monoisotopic (exact) mass is 392 g/mol. The minimum absolute atomic E-state index is 0.0788. The van der Waals surface area contributed by atoms with Gasteiger partial charge in [-0.3, -0.25) is 14.5 Å². The molecule has 2 amide bonds. The Bertz CT molecular complexity index is 787. The number of carbonyl (C=O) groups is 2. The number of halogens is 1. The van der Waals surface area contributed by atoms with Crippen molar-refractivity contribution in [1.29, 1.82) is 0 Å². The molecule has 1 fully saturated rings. The molecule has 2 heterocycles. The van der Waals surface area contributed by atoms with Gasteiger partial charge >= 0.3 is 0 Å². The van der Waals surface area contributed by atoms with Crippen LogP contribution in [0.2, 0.25) is 5.02 Å². The number of rotatable bonds is 5. The van der Waals surface area contributed by atoms with Crippen molar-refractivity contribution in [1.82, 2.24) is 14.8 Å². The molecule has 0 atom stereocenters. The van der Waals surface area contributed by atoms with E-state index >= 15 is 0 Å². The summed E-state index contributed by atoms with van der Waals surface area (Å²) in [5.41, 5.74) is 1.11. The van der Waals surface area contributed by atoms with Gasteiger partial charge in [-0.05, 0) is 17.7 Å². The van der Waals surface area contributed by atoms with Crippen LogP contribution in [0.4, 0.5) is 5.13 Å². The number of hydrogen-bond acceptors (Lipinski definition) is 5. The fraction of sp³-hybridized carbons (Fsp3) is 0.389. The standard InChI is InChI=1S/C18H21ClN4O2S/c1-13(24)23-7-5-22(6-8-23)12-17(25)21-18-20-11-16(26-18)10-14-3-2-4-15(19)9-14/h2-4,9,11H,5-8,10,12H2,1H3,(H,20,21,25). The van der Waals surface area contributed by atoms with Gasteiger partial charge in [-0.2, -0.15) is 0 Å². The third-order valence-corrected chi connectivity index (χ3v) is 5.40. The molecule has 1 aliphatic rings. The first-order chi connectivity index (χ1) is 12.5. The molecule has 1 aliphatic heterocycles. The highest BCUT2D eigenvalue weighted by molar-refractivity contribution is 7.15. The second-order valence-corrected chi connectivity index (χ2v) is 7.82. The predicted molar refractivity (Wildman–Crippen MR) is 104 cm³/mol. The van der Waals surface area contributed by atoms with E-state index in [0.717, 1.165) is 16.9 Å². The van der Waals surface area contributed by atoms with Gasteiger partial charge in [0.2, 0.25) is 11.8 Å². The van der Waals surface area contributed by atoms with Gasteiger partial charge in [-0.25, -0.2) is 4.98 Å². The molecular formula is C18H21ClN4O2S. The van der Waals surface area contributed by atoms with E-state index < -0.39 is 0 Å². The van der Waals surface area contributed by atoms with Crippen LogP contribution in [0.25, 0.3) is 0 Å². The largest absolute Gasteiger partial charge is 0.340 e. The number of carbonyl (C=O) groups excluding carboxylic acids is 2. The van der Waals surface area contributed by atoms with Crippen molar-refractivity contribution >= 4 is 39.9 Å². The fourth-order valence-corrected chi connectivity index (χ4v) is 3.95. The van der Waals surface area contributed by atoms with E-state index in [1.807, 2.05) is 24.3 Å². The summed E-state index contributed by atoms with van der Waals surface area (Å²) >= 11 is 7.48. The second-order valence-electron chi connectivity index (χ2n) is 6.27. The van der Waals surface area contributed by atoms with Crippen molar-refractivity contribution in [2.45, 2.75) is 13.3 Å². The summed E-state index contributed by atoms with van der Waals surface area (Å²) in [7, 11) is 0. The van der Waals surface area contributed by atoms with Crippen LogP contribution >= 0.6 is 22.9 Å². The van der Waals surface area contributed by atoms with E-state index in [1.165, 1.54) is 11.3 Å². The van der Waals surface area contributed by atoms with E-state index in [-0.39, 0.29) is 11.8 Å². The van der Waals surface area contributed by atoms with E-state index in [4.69, 9.17) is 11.6 Å². The molecule has 3 rings (SSSR count). The number of nitrogens with one attached hydrogen (secondary N) is 1. The van der Waals surface area contributed by atoms with Crippen LogP contribution in [0.15, 0.2) is 30.5 Å². The number of aromatic nitrogens is 1. The number of thiazole rings is 1. The van der Waals surface area contributed by atoms with Crippen molar-refractivity contribution < 1.29 is 9.59 Å². The summed E-state index contributed by atoms with van der Waals surface area (Å²) in [5, 5.41) is 4.18. The van der Waals surface area contributed by atoms with Crippen molar-refractivity contribution in [2.75, 3.05) is 38.0 Å². The summed E-state index contributed by atoms with van der Waals surface area (Å²) in [6, 6.07) is 7.72. The molecule has 0 unspecified atom stereocenters. The molecular weight excluding hydrogens is 372 g/mol. The average Bonchev–Trinajstić information content (AvgIpc) is 3.02. The Balaban J connectivity index is 1.48. The molecule has 0 radical (unpaired) electrons. The molecule has 0 saturated carbocycles. The molecule has 6 nitrogen and oxygen atoms in total. The highest BCUT2D eigenvalue weighted by atomic mass is 35.5. The Labute approximate surface area is 161 Å². The first-order valence-corrected chi connectivity index (χ1v) is 9.66. The smallest absolute Gasteiger partial charge is 0.240 e. The molecule has 2 aromatic rings. The molecule has 138 valence electrons. The summed E-state index contributed by atoms with van der Waals surface area (Å²) < 4.78 is 0. The van der Waals surface area contributed by atoms with Crippen LogP contribution in [-0.4, -0.2) is 59.3 Å². The maximum atomic E-state index is 12.2. The summed E-state index contributed by atoms with van der Waals surface area (Å²) in [4.78, 5) is 32.8. The van der Waals surface area contributed by atoms with Gasteiger partial charge in [-0.15, -0.1) is 11.3 Å². The number of piperazine rings is 1. The van der Waals surface area contributed by atoms with Gasteiger partial charge in [0.25, 0.3) is 0 Å². The van der Waals surface area contributed by atoms with Crippen LogP contribution in [-0.2, 0) is 16.0 Å². The van der Waals surface area contributed by atoms with Crippen LogP contribution < -0.4 is 5.32 Å². The first kappa shape index (κ1) is 18.8. The normalized spacial score (nSPS) is 15.1. The van der Waals surface area contributed by atoms with Crippen LogP contribution in [0.5, 0.6) is 0 Å². The van der Waals surface area contributed by atoms with Crippen LogP contribution in [0.3, 0.4) is 0 Å². The SMILES string of the molecule is CC(=O)N1CCN(CC(=O)Nc2ncc(Cc3cccc(Cl)c3)s2)CC1. The number of benzene rings is 1. The Hall–Kier alpha value is -1.96. The van der Waals surface area contributed by atoms with E-state index in [0.29, 0.717) is 42.9 Å². The number of hydrogen-bond donors (Lipinski definition) is 1. The Morgan fingerprint density at radius 3 is 2.73 bits per heavy atom. The Morgan fingerprint density at radius 1 is 1.27 bits per heavy atom. The summed E-state index contributed by atoms with van der Waals surface area (Å²) in [6.07, 6.45) is 2.52. The van der Waals surface area contributed by atoms with Gasteiger partial charge in [-0.1, -0.05) is 23.7 Å². The van der Waals surface area contributed by atoms with Gasteiger partial charge in [0.15, 0.2) is 5.13 Å². The zero-order valence-corrected chi connectivity index (χ0v) is 16.1. The van der Waals surface area contributed by atoms with Crippen molar-refractivity contribution in [3.8, 4) is 0 Å². The second kappa shape index (κ2) is 8.62. The fourth-order valence-electron chi connectivity index (χ4n) is 2.88. The third-order valence-electron chi connectivity index (χ3n) is 4.25. The molecule has 0 spiro atoms.